The van der Waals surface area contributed by atoms with Gasteiger partial charge >= 0.3 is 0 Å². The van der Waals surface area contributed by atoms with Crippen LogP contribution in [0.25, 0.3) is 0 Å². The van der Waals surface area contributed by atoms with Crippen LogP contribution in [0, 0.1) is 0 Å². The third-order valence-corrected chi connectivity index (χ3v) is 3.39. The molecule has 1 aromatic carbocycles. The minimum absolute atomic E-state index is 0.408. The second-order valence-electron chi connectivity index (χ2n) is 4.94. The molecule has 0 atom stereocenters. The number of aromatic nitrogens is 3. The number of hydrogen-bond donors (Lipinski definition) is 1. The lowest BCUT2D eigenvalue weighted by Crippen LogP contribution is -2.22. The molecule has 2 rings (SSSR count). The van der Waals surface area contributed by atoms with E-state index in [0.717, 1.165) is 28.0 Å². The third kappa shape index (κ3) is 4.05. The Morgan fingerprint density at radius 2 is 2.20 bits per heavy atom. The van der Waals surface area contributed by atoms with Crippen molar-refractivity contribution in [3.05, 3.63) is 40.1 Å². The summed E-state index contributed by atoms with van der Waals surface area (Å²) in [6, 6.07) is 6.48. The molecule has 1 N–H and O–H groups in total. The van der Waals surface area contributed by atoms with Crippen LogP contribution in [-0.4, -0.2) is 21.0 Å². The van der Waals surface area contributed by atoms with Gasteiger partial charge in [0.25, 0.3) is 0 Å². The first kappa shape index (κ1) is 15.0. The van der Waals surface area contributed by atoms with Crippen molar-refractivity contribution in [1.29, 1.82) is 0 Å². The highest BCUT2D eigenvalue weighted by Crippen LogP contribution is 2.29. The first-order chi connectivity index (χ1) is 9.56. The number of para-hydroxylation sites is 1. The van der Waals surface area contributed by atoms with Crippen molar-refractivity contribution in [3.63, 3.8) is 0 Å². The summed E-state index contributed by atoms with van der Waals surface area (Å²) in [6.45, 7) is 5.42. The van der Waals surface area contributed by atoms with E-state index in [0.29, 0.717) is 12.6 Å². The monoisotopic (exact) mass is 338 g/mol. The number of hydrogen-bond acceptors (Lipinski definition) is 4. The van der Waals surface area contributed by atoms with Gasteiger partial charge < -0.3 is 10.1 Å². The van der Waals surface area contributed by atoms with E-state index < -0.39 is 0 Å². The van der Waals surface area contributed by atoms with Gasteiger partial charge in [-0.15, -0.1) is 5.10 Å². The average Bonchev–Trinajstić information content (AvgIpc) is 2.81. The van der Waals surface area contributed by atoms with Gasteiger partial charge in [0.05, 0.1) is 10.7 Å². The molecule has 0 unspecified atom stereocenters. The molecule has 0 radical (unpaired) electrons. The first-order valence-corrected chi connectivity index (χ1v) is 7.34. The number of nitrogens with zero attached hydrogens (tertiary/aromatic N) is 3. The maximum Gasteiger partial charge on any atom is 0.138 e. The Bertz CT molecular complexity index is 568. The van der Waals surface area contributed by atoms with Crippen LogP contribution in [0.4, 0.5) is 0 Å². The number of ether oxygens (including phenoxy) is 1. The molecular formula is C14H19BrN4O. The zero-order valence-electron chi connectivity index (χ0n) is 11.9. The molecule has 2 aromatic rings. The zero-order chi connectivity index (χ0) is 14.5. The van der Waals surface area contributed by atoms with Gasteiger partial charge in [-0.2, -0.15) is 0 Å². The Morgan fingerprint density at radius 3 is 2.85 bits per heavy atom. The molecule has 0 saturated heterocycles. The smallest absolute Gasteiger partial charge is 0.138 e. The number of aryl methyl sites for hydroxylation is 1. The highest BCUT2D eigenvalue weighted by molar-refractivity contribution is 9.10. The minimum atomic E-state index is 0.408. The van der Waals surface area contributed by atoms with E-state index in [2.05, 4.69) is 51.5 Å². The van der Waals surface area contributed by atoms with E-state index in [1.54, 1.807) is 4.68 Å². The van der Waals surface area contributed by atoms with Gasteiger partial charge in [-0.3, -0.25) is 4.68 Å². The fourth-order valence-corrected chi connectivity index (χ4v) is 2.30. The predicted molar refractivity (Wildman–Crippen MR) is 81.5 cm³/mol. The van der Waals surface area contributed by atoms with E-state index in [1.807, 2.05) is 25.4 Å². The SMILES string of the molecule is CC(C)NCc1cccc(Br)c1OCc1cn(C)nn1. The first-order valence-electron chi connectivity index (χ1n) is 6.55. The summed E-state index contributed by atoms with van der Waals surface area (Å²) in [6.07, 6.45) is 1.85. The van der Waals surface area contributed by atoms with Gasteiger partial charge in [-0.1, -0.05) is 31.2 Å². The van der Waals surface area contributed by atoms with Gasteiger partial charge in [-0.05, 0) is 22.0 Å². The van der Waals surface area contributed by atoms with Gasteiger partial charge in [-0.25, -0.2) is 0 Å². The summed E-state index contributed by atoms with van der Waals surface area (Å²) in [7, 11) is 1.84. The highest BCUT2D eigenvalue weighted by Gasteiger charge is 2.10. The third-order valence-electron chi connectivity index (χ3n) is 2.76. The van der Waals surface area contributed by atoms with Crippen molar-refractivity contribution in [2.75, 3.05) is 0 Å². The molecule has 0 bridgehead atoms. The molecule has 5 nitrogen and oxygen atoms in total. The molecular weight excluding hydrogens is 320 g/mol. The molecule has 0 fully saturated rings. The second kappa shape index (κ2) is 6.85. The van der Waals surface area contributed by atoms with Gasteiger partial charge in [0.2, 0.25) is 0 Å². The summed E-state index contributed by atoms with van der Waals surface area (Å²) in [5, 5.41) is 11.3. The lowest BCUT2D eigenvalue weighted by atomic mass is 10.2. The van der Waals surface area contributed by atoms with Crippen LogP contribution in [0.15, 0.2) is 28.9 Å². The van der Waals surface area contributed by atoms with Crippen LogP contribution in [0.2, 0.25) is 0 Å². The Hall–Kier alpha value is -1.40. The number of nitrogens with one attached hydrogen (secondary N) is 1. The van der Waals surface area contributed by atoms with Crippen molar-refractivity contribution < 1.29 is 4.74 Å². The Kier molecular flexibility index (Phi) is 5.14. The van der Waals surface area contributed by atoms with Crippen molar-refractivity contribution >= 4 is 15.9 Å². The minimum Gasteiger partial charge on any atom is -0.486 e. The zero-order valence-corrected chi connectivity index (χ0v) is 13.5. The molecule has 20 heavy (non-hydrogen) atoms. The van der Waals surface area contributed by atoms with Crippen molar-refractivity contribution in [3.8, 4) is 5.75 Å². The predicted octanol–water partition coefficient (Wildman–Crippen LogP) is 2.65. The quantitative estimate of drug-likeness (QED) is 0.879. The van der Waals surface area contributed by atoms with E-state index in [9.17, 15) is 0 Å². The van der Waals surface area contributed by atoms with Gasteiger partial charge in [0, 0.05) is 25.2 Å². The van der Waals surface area contributed by atoms with Crippen LogP contribution in [-0.2, 0) is 20.2 Å². The molecule has 6 heteroatoms. The number of benzene rings is 1. The van der Waals surface area contributed by atoms with Crippen LogP contribution in [0.5, 0.6) is 5.75 Å². The van der Waals surface area contributed by atoms with Crippen LogP contribution >= 0.6 is 15.9 Å². The Morgan fingerprint density at radius 1 is 1.40 bits per heavy atom. The van der Waals surface area contributed by atoms with Crippen LogP contribution < -0.4 is 10.1 Å². The topological polar surface area (TPSA) is 52.0 Å². The maximum absolute atomic E-state index is 5.90. The summed E-state index contributed by atoms with van der Waals surface area (Å²) < 4.78 is 8.51. The summed E-state index contributed by atoms with van der Waals surface area (Å²) in [4.78, 5) is 0. The van der Waals surface area contributed by atoms with E-state index in [1.165, 1.54) is 0 Å². The van der Waals surface area contributed by atoms with Crippen LogP contribution in [0.1, 0.15) is 25.1 Å². The molecule has 0 aliphatic carbocycles. The lowest BCUT2D eigenvalue weighted by molar-refractivity contribution is 0.295. The number of halogens is 1. The maximum atomic E-state index is 5.90. The van der Waals surface area contributed by atoms with E-state index >= 15 is 0 Å². The molecule has 0 aliphatic rings. The van der Waals surface area contributed by atoms with Crippen molar-refractivity contribution in [1.82, 2.24) is 20.3 Å². The Labute approximate surface area is 127 Å². The summed E-state index contributed by atoms with van der Waals surface area (Å²) in [5.41, 5.74) is 1.93. The van der Waals surface area contributed by atoms with Crippen molar-refractivity contribution in [2.24, 2.45) is 7.05 Å². The van der Waals surface area contributed by atoms with Gasteiger partial charge in [0.1, 0.15) is 18.1 Å². The molecule has 0 saturated carbocycles. The normalized spacial score (nSPS) is 11.1. The highest BCUT2D eigenvalue weighted by atomic mass is 79.9. The molecule has 108 valence electrons. The standard InChI is InChI=1S/C14H19BrN4O/c1-10(2)16-7-11-5-4-6-13(15)14(11)20-9-12-8-19(3)18-17-12/h4-6,8,10,16H,7,9H2,1-3H3. The van der Waals surface area contributed by atoms with E-state index in [-0.39, 0.29) is 0 Å². The van der Waals surface area contributed by atoms with Crippen LogP contribution in [0.3, 0.4) is 0 Å². The average molecular weight is 339 g/mol. The summed E-state index contributed by atoms with van der Waals surface area (Å²) in [5.74, 6) is 0.853. The molecule has 0 spiro atoms. The fourth-order valence-electron chi connectivity index (χ4n) is 1.78. The summed E-state index contributed by atoms with van der Waals surface area (Å²) >= 11 is 3.54. The van der Waals surface area contributed by atoms with Gasteiger partial charge in [0.15, 0.2) is 0 Å². The number of rotatable bonds is 6. The largest absolute Gasteiger partial charge is 0.486 e. The Balaban J connectivity index is 2.08. The molecule has 1 aromatic heterocycles. The molecule has 1 heterocycles. The molecule has 0 amide bonds. The second-order valence-corrected chi connectivity index (χ2v) is 5.79. The lowest BCUT2D eigenvalue weighted by Gasteiger charge is -2.14. The molecule has 0 aliphatic heterocycles. The van der Waals surface area contributed by atoms with Crippen molar-refractivity contribution in [2.45, 2.75) is 33.0 Å². The fraction of sp³-hybridized carbons (Fsp3) is 0.429. The van der Waals surface area contributed by atoms with E-state index in [4.69, 9.17) is 4.74 Å².